The van der Waals surface area contributed by atoms with Crippen molar-refractivity contribution >= 4 is 28.3 Å². The fraction of sp³-hybridized carbons (Fsp3) is 0.238. The highest BCUT2D eigenvalue weighted by molar-refractivity contribution is 6.30. The highest BCUT2D eigenvalue weighted by Crippen LogP contribution is 2.22. The van der Waals surface area contributed by atoms with Gasteiger partial charge in [-0.2, -0.15) is 0 Å². The molecule has 4 rings (SSSR count). The number of halogens is 1. The first kappa shape index (κ1) is 16.9. The van der Waals surface area contributed by atoms with E-state index in [0.29, 0.717) is 27.0 Å². The van der Waals surface area contributed by atoms with Gasteiger partial charge in [0.2, 0.25) is 0 Å². The lowest BCUT2D eigenvalue weighted by Crippen LogP contribution is -2.36. The summed E-state index contributed by atoms with van der Waals surface area (Å²) in [4.78, 5) is 28.0. The molecule has 1 aromatic heterocycles. The van der Waals surface area contributed by atoms with Gasteiger partial charge in [-0.05, 0) is 49.6 Å². The fourth-order valence-electron chi connectivity index (χ4n) is 3.52. The quantitative estimate of drug-likeness (QED) is 0.679. The van der Waals surface area contributed by atoms with Gasteiger partial charge in [0.1, 0.15) is 0 Å². The molecule has 1 saturated heterocycles. The van der Waals surface area contributed by atoms with Gasteiger partial charge in [0.25, 0.3) is 11.5 Å². The number of rotatable bonds is 2. The van der Waals surface area contributed by atoms with Crippen LogP contribution in [0.2, 0.25) is 5.02 Å². The predicted molar refractivity (Wildman–Crippen MR) is 104 cm³/mol. The Morgan fingerprint density at radius 2 is 1.54 bits per heavy atom. The van der Waals surface area contributed by atoms with Gasteiger partial charge < -0.3 is 4.90 Å². The minimum absolute atomic E-state index is 0.0105. The Bertz CT molecular complexity index is 1020. The normalized spacial score (nSPS) is 14.6. The number of benzene rings is 2. The Morgan fingerprint density at radius 1 is 0.885 bits per heavy atom. The van der Waals surface area contributed by atoms with Crippen molar-refractivity contribution in [3.8, 4) is 5.69 Å². The average molecular weight is 367 g/mol. The Hall–Kier alpha value is -2.59. The molecule has 1 aliphatic rings. The van der Waals surface area contributed by atoms with Crippen molar-refractivity contribution in [3.05, 3.63) is 75.7 Å². The minimum Gasteiger partial charge on any atom is -0.339 e. The predicted octanol–water partition coefficient (Wildman–Crippen LogP) is 4.27. The first-order chi connectivity index (χ1) is 12.6. The summed E-state index contributed by atoms with van der Waals surface area (Å²) in [6.45, 7) is 1.54. The Kier molecular flexibility index (Phi) is 4.51. The van der Waals surface area contributed by atoms with Crippen LogP contribution in [0.4, 0.5) is 0 Å². The second-order valence-corrected chi connectivity index (χ2v) is 7.03. The van der Waals surface area contributed by atoms with Crippen LogP contribution in [-0.4, -0.2) is 28.5 Å². The van der Waals surface area contributed by atoms with Gasteiger partial charge in [-0.15, -0.1) is 0 Å². The summed E-state index contributed by atoms with van der Waals surface area (Å²) in [5, 5.41) is 1.86. The van der Waals surface area contributed by atoms with E-state index in [1.54, 1.807) is 36.5 Å². The van der Waals surface area contributed by atoms with Crippen molar-refractivity contribution in [2.45, 2.75) is 19.3 Å². The van der Waals surface area contributed by atoms with E-state index >= 15 is 0 Å². The molecule has 0 atom stereocenters. The maximum Gasteiger partial charge on any atom is 0.262 e. The van der Waals surface area contributed by atoms with Gasteiger partial charge >= 0.3 is 0 Å². The summed E-state index contributed by atoms with van der Waals surface area (Å²) in [6, 6.07) is 14.4. The Labute approximate surface area is 156 Å². The number of hydrogen-bond donors (Lipinski definition) is 0. The van der Waals surface area contributed by atoms with Crippen LogP contribution in [0.5, 0.6) is 0 Å². The molecule has 2 heterocycles. The molecule has 0 aliphatic carbocycles. The zero-order valence-electron chi connectivity index (χ0n) is 14.3. The number of pyridine rings is 1. The van der Waals surface area contributed by atoms with Crippen LogP contribution < -0.4 is 5.56 Å². The van der Waals surface area contributed by atoms with E-state index in [0.717, 1.165) is 32.4 Å². The van der Waals surface area contributed by atoms with E-state index < -0.39 is 0 Å². The van der Waals surface area contributed by atoms with Gasteiger partial charge in [0, 0.05) is 40.8 Å². The van der Waals surface area contributed by atoms with Gasteiger partial charge in [-0.3, -0.25) is 14.2 Å². The lowest BCUT2D eigenvalue weighted by Gasteiger charge is -2.27. The summed E-state index contributed by atoms with van der Waals surface area (Å²) in [5.41, 5.74) is 1.12. The van der Waals surface area contributed by atoms with E-state index in [1.807, 2.05) is 23.1 Å². The van der Waals surface area contributed by atoms with Gasteiger partial charge in [0.15, 0.2) is 0 Å². The highest BCUT2D eigenvalue weighted by Gasteiger charge is 2.22. The molecule has 3 aromatic rings. The number of carbonyl (C=O) groups excluding carboxylic acids is 1. The van der Waals surface area contributed by atoms with Gasteiger partial charge in [0.05, 0.1) is 5.56 Å². The Balaban J connectivity index is 1.91. The molecule has 0 saturated carbocycles. The first-order valence-corrected chi connectivity index (χ1v) is 9.22. The SMILES string of the molecule is O=C(c1cn(-c2ccc(Cl)cc2)c(=O)c2ccccc12)N1CCCCC1. The molecule has 0 radical (unpaired) electrons. The van der Waals surface area contributed by atoms with Gasteiger partial charge in [-0.1, -0.05) is 29.8 Å². The van der Waals surface area contributed by atoms with Crippen molar-refractivity contribution in [1.29, 1.82) is 0 Å². The molecule has 4 nitrogen and oxygen atoms in total. The van der Waals surface area contributed by atoms with Crippen LogP contribution in [0, 0.1) is 0 Å². The van der Waals surface area contributed by atoms with E-state index in [1.165, 1.54) is 4.57 Å². The number of likely N-dealkylation sites (tertiary alicyclic amines) is 1. The molecule has 5 heteroatoms. The van der Waals surface area contributed by atoms with Crippen LogP contribution in [0.25, 0.3) is 16.5 Å². The zero-order valence-corrected chi connectivity index (χ0v) is 15.1. The number of hydrogen-bond acceptors (Lipinski definition) is 2. The van der Waals surface area contributed by atoms with Crippen molar-refractivity contribution in [2.75, 3.05) is 13.1 Å². The third-order valence-corrected chi connectivity index (χ3v) is 5.16. The molecular formula is C21H19ClN2O2. The summed E-state index contributed by atoms with van der Waals surface area (Å²) < 4.78 is 1.54. The van der Waals surface area contributed by atoms with Crippen LogP contribution >= 0.6 is 11.6 Å². The van der Waals surface area contributed by atoms with Crippen LogP contribution in [-0.2, 0) is 0 Å². The standard InChI is InChI=1S/C21H19ClN2O2/c22-15-8-10-16(11-9-15)24-14-19(20(25)23-12-4-1-5-13-23)17-6-2-3-7-18(17)21(24)26/h2-3,6-11,14H,1,4-5,12-13H2. The van der Waals surface area contributed by atoms with Crippen molar-refractivity contribution < 1.29 is 4.79 Å². The maximum absolute atomic E-state index is 13.2. The second-order valence-electron chi connectivity index (χ2n) is 6.59. The fourth-order valence-corrected chi connectivity index (χ4v) is 3.65. The molecule has 2 aromatic carbocycles. The van der Waals surface area contributed by atoms with E-state index in [2.05, 4.69) is 0 Å². The van der Waals surface area contributed by atoms with E-state index in [9.17, 15) is 9.59 Å². The number of nitrogens with zero attached hydrogens (tertiary/aromatic N) is 2. The van der Waals surface area contributed by atoms with Crippen LogP contribution in [0.15, 0.2) is 59.5 Å². The van der Waals surface area contributed by atoms with Crippen molar-refractivity contribution in [1.82, 2.24) is 9.47 Å². The van der Waals surface area contributed by atoms with Crippen molar-refractivity contribution in [3.63, 3.8) is 0 Å². The molecular weight excluding hydrogens is 348 g/mol. The number of fused-ring (bicyclic) bond motifs is 1. The van der Waals surface area contributed by atoms with Gasteiger partial charge in [-0.25, -0.2) is 0 Å². The zero-order chi connectivity index (χ0) is 18.1. The minimum atomic E-state index is -0.141. The highest BCUT2D eigenvalue weighted by atomic mass is 35.5. The molecule has 0 spiro atoms. The summed E-state index contributed by atoms with van der Waals surface area (Å²) >= 11 is 5.97. The largest absolute Gasteiger partial charge is 0.339 e. The number of aromatic nitrogens is 1. The number of amides is 1. The lowest BCUT2D eigenvalue weighted by molar-refractivity contribution is 0.0725. The number of piperidine rings is 1. The smallest absolute Gasteiger partial charge is 0.262 e. The summed E-state index contributed by atoms with van der Waals surface area (Å²) in [6.07, 6.45) is 4.89. The molecule has 1 amide bonds. The van der Waals surface area contributed by atoms with Crippen LogP contribution in [0.3, 0.4) is 0 Å². The Morgan fingerprint density at radius 3 is 2.23 bits per heavy atom. The third kappa shape index (κ3) is 3.01. The van der Waals surface area contributed by atoms with Crippen LogP contribution in [0.1, 0.15) is 29.6 Å². The van der Waals surface area contributed by atoms with E-state index in [-0.39, 0.29) is 11.5 Å². The lowest BCUT2D eigenvalue weighted by atomic mass is 10.0. The first-order valence-electron chi connectivity index (χ1n) is 8.85. The monoisotopic (exact) mass is 366 g/mol. The summed E-state index contributed by atoms with van der Waals surface area (Å²) in [7, 11) is 0. The third-order valence-electron chi connectivity index (χ3n) is 4.90. The second kappa shape index (κ2) is 6.96. The molecule has 1 aliphatic heterocycles. The molecule has 0 bridgehead atoms. The summed E-state index contributed by atoms with van der Waals surface area (Å²) in [5.74, 6) is -0.0105. The average Bonchev–Trinajstić information content (AvgIpc) is 2.69. The molecule has 1 fully saturated rings. The maximum atomic E-state index is 13.2. The topological polar surface area (TPSA) is 42.3 Å². The molecule has 0 unspecified atom stereocenters. The molecule has 0 N–H and O–H groups in total. The van der Waals surface area contributed by atoms with E-state index in [4.69, 9.17) is 11.6 Å². The number of carbonyl (C=O) groups is 1. The molecule has 132 valence electrons. The van der Waals surface area contributed by atoms with Crippen molar-refractivity contribution in [2.24, 2.45) is 0 Å². The molecule has 26 heavy (non-hydrogen) atoms.